The van der Waals surface area contributed by atoms with E-state index in [1.807, 2.05) is 30.3 Å². The molecule has 1 saturated carbocycles. The van der Waals surface area contributed by atoms with Gasteiger partial charge in [-0.2, -0.15) is 0 Å². The zero-order valence-electron chi connectivity index (χ0n) is 27.0. The second-order valence-electron chi connectivity index (χ2n) is 12.5. The summed E-state index contributed by atoms with van der Waals surface area (Å²) >= 11 is 2.76. The van der Waals surface area contributed by atoms with Crippen molar-refractivity contribution in [1.29, 1.82) is 0 Å². The molecule has 0 spiro atoms. The highest BCUT2D eigenvalue weighted by Crippen LogP contribution is 2.43. The fraction of sp³-hybridized carbons (Fsp3) is 0.417. The van der Waals surface area contributed by atoms with Crippen LogP contribution in [0.25, 0.3) is 10.2 Å². The second kappa shape index (κ2) is 15.7. The van der Waals surface area contributed by atoms with Crippen LogP contribution in [0.1, 0.15) is 70.7 Å². The number of carbonyl (C=O) groups excluding carboxylic acids is 1. The molecule has 0 bridgehead atoms. The number of thiophene rings is 1. The maximum Gasteiger partial charge on any atom is 0.305 e. The fourth-order valence-electron chi connectivity index (χ4n) is 6.64. The van der Waals surface area contributed by atoms with Crippen LogP contribution >= 0.6 is 22.7 Å². The smallest absolute Gasteiger partial charge is 0.305 e. The predicted octanol–water partition coefficient (Wildman–Crippen LogP) is 5.53. The van der Waals surface area contributed by atoms with Crippen LogP contribution in [0.4, 0.5) is 0 Å². The van der Waals surface area contributed by atoms with E-state index in [4.69, 9.17) is 9.15 Å². The van der Waals surface area contributed by atoms with Gasteiger partial charge in [-0.15, -0.1) is 11.3 Å². The van der Waals surface area contributed by atoms with Crippen LogP contribution in [0.5, 0.6) is 5.75 Å². The van der Waals surface area contributed by atoms with Crippen molar-refractivity contribution in [3.8, 4) is 5.75 Å². The van der Waals surface area contributed by atoms with Gasteiger partial charge in [0.25, 0.3) is 6.47 Å². The Morgan fingerprint density at radius 3 is 2.69 bits per heavy atom. The van der Waals surface area contributed by atoms with E-state index in [-0.39, 0.29) is 16.5 Å². The van der Waals surface area contributed by atoms with Crippen molar-refractivity contribution in [2.75, 3.05) is 26.7 Å². The van der Waals surface area contributed by atoms with Gasteiger partial charge in [0.1, 0.15) is 11.3 Å². The molecule has 0 amide bonds. The Bertz CT molecular complexity index is 1840. The summed E-state index contributed by atoms with van der Waals surface area (Å²) in [6.45, 7) is 2.93. The van der Waals surface area contributed by atoms with E-state index in [9.17, 15) is 19.8 Å². The highest BCUT2D eigenvalue weighted by atomic mass is 32.1. The number of rotatable bonds is 16. The fourth-order valence-corrected chi connectivity index (χ4v) is 8.65. The third-order valence-corrected chi connectivity index (χ3v) is 11.2. The van der Waals surface area contributed by atoms with Crippen molar-refractivity contribution >= 4 is 39.4 Å². The third-order valence-electron chi connectivity index (χ3n) is 9.16. The van der Waals surface area contributed by atoms with Gasteiger partial charge < -0.3 is 34.6 Å². The number of oxazole rings is 1. The molecule has 1 aliphatic carbocycles. The minimum Gasteiger partial charge on any atom is -0.442 e. The van der Waals surface area contributed by atoms with Gasteiger partial charge in [0.15, 0.2) is 11.4 Å². The lowest BCUT2D eigenvalue weighted by Crippen LogP contribution is -2.38. The number of fused-ring (bicyclic) bond motifs is 1. The van der Waals surface area contributed by atoms with Crippen molar-refractivity contribution in [3.63, 3.8) is 0 Å². The Labute approximate surface area is 287 Å². The molecule has 3 aromatic heterocycles. The van der Waals surface area contributed by atoms with E-state index in [1.165, 1.54) is 16.2 Å². The number of hydrogen-bond donors (Lipinski definition) is 4. The first-order valence-electron chi connectivity index (χ1n) is 16.5. The van der Waals surface area contributed by atoms with E-state index in [1.54, 1.807) is 29.7 Å². The summed E-state index contributed by atoms with van der Waals surface area (Å²) in [6, 6.07) is 17.4. The summed E-state index contributed by atoms with van der Waals surface area (Å²) in [4.78, 5) is 34.5. The van der Waals surface area contributed by atoms with Gasteiger partial charge in [-0.25, -0.2) is 4.98 Å². The minimum atomic E-state index is -1.22. The minimum absolute atomic E-state index is 0.0863. The van der Waals surface area contributed by atoms with Crippen molar-refractivity contribution in [3.05, 3.63) is 103 Å². The monoisotopic (exact) mass is 690 g/mol. The highest BCUT2D eigenvalue weighted by molar-refractivity contribution is 7.16. The van der Waals surface area contributed by atoms with Gasteiger partial charge in [-0.05, 0) is 50.1 Å². The molecule has 48 heavy (non-hydrogen) atoms. The zero-order valence-corrected chi connectivity index (χ0v) is 28.7. The summed E-state index contributed by atoms with van der Waals surface area (Å²) in [5.74, 6) is 1.52. The Morgan fingerprint density at radius 2 is 1.90 bits per heavy atom. The topological polar surface area (TPSA) is 141 Å². The molecular weight excluding hydrogens is 649 g/mol. The molecule has 2 aromatic carbocycles. The molecule has 12 heteroatoms. The molecule has 6 rings (SSSR count). The molecule has 1 aliphatic rings. The van der Waals surface area contributed by atoms with Crippen LogP contribution in [-0.2, 0) is 29.8 Å². The summed E-state index contributed by atoms with van der Waals surface area (Å²) in [5, 5.41) is 26.2. The predicted molar refractivity (Wildman–Crippen MR) is 188 cm³/mol. The van der Waals surface area contributed by atoms with Gasteiger partial charge in [-0.3, -0.25) is 9.59 Å². The quantitative estimate of drug-likeness (QED) is 0.0777. The summed E-state index contributed by atoms with van der Waals surface area (Å²) in [7, 11) is 2.09. The number of thiazole rings is 1. The number of benzene rings is 2. The summed E-state index contributed by atoms with van der Waals surface area (Å²) in [6.07, 6.45) is 7.83. The van der Waals surface area contributed by atoms with E-state index >= 15 is 0 Å². The number of hydrogen-bond acceptors (Lipinski definition) is 11. The molecule has 10 nitrogen and oxygen atoms in total. The normalized spacial score (nSPS) is 15.9. The van der Waals surface area contributed by atoms with Gasteiger partial charge in [0.05, 0.1) is 17.0 Å². The zero-order chi connectivity index (χ0) is 33.5. The van der Waals surface area contributed by atoms with E-state index in [0.29, 0.717) is 47.7 Å². The number of likely N-dealkylation sites (N-methyl/N-ethyl adjacent to an activating group) is 1. The van der Waals surface area contributed by atoms with Gasteiger partial charge in [0, 0.05) is 53.8 Å². The number of aliphatic hydroxyl groups excluding tert-OH is 1. The molecule has 0 aliphatic heterocycles. The highest BCUT2D eigenvalue weighted by Gasteiger charge is 2.44. The van der Waals surface area contributed by atoms with Crippen molar-refractivity contribution < 1.29 is 24.2 Å². The SMILES string of the molecule is CN(CCc1cnc([C@](O)(c2ccccc2)C2CCCCC2)o1)Cc1ccc(CCNC[C@H](O)c2ccc(OC=O)c3[nH]c(=O)sc23)s1. The lowest BCUT2D eigenvalue weighted by Gasteiger charge is -2.36. The second-order valence-corrected chi connectivity index (χ2v) is 14.7. The van der Waals surface area contributed by atoms with E-state index in [0.717, 1.165) is 67.9 Å². The lowest BCUT2D eigenvalue weighted by atomic mass is 9.73. The van der Waals surface area contributed by atoms with Gasteiger partial charge in [-0.1, -0.05) is 67.0 Å². The molecule has 4 N–H and O–H groups in total. The average Bonchev–Trinajstić information content (AvgIpc) is 3.87. The molecule has 1 fully saturated rings. The summed E-state index contributed by atoms with van der Waals surface area (Å²) in [5.41, 5.74) is 0.650. The molecular formula is C36H42N4O6S2. The Morgan fingerprint density at radius 1 is 1.10 bits per heavy atom. The Balaban J connectivity index is 0.975. The van der Waals surface area contributed by atoms with Crippen molar-refractivity contribution in [2.24, 2.45) is 5.92 Å². The maximum atomic E-state index is 12.1. The molecule has 2 atom stereocenters. The molecule has 3 heterocycles. The van der Waals surface area contributed by atoms with Gasteiger partial charge >= 0.3 is 4.87 Å². The van der Waals surface area contributed by atoms with Crippen molar-refractivity contribution in [1.82, 2.24) is 20.2 Å². The number of H-pyrrole nitrogens is 1. The first-order valence-corrected chi connectivity index (χ1v) is 18.1. The van der Waals surface area contributed by atoms with Crippen LogP contribution in [0.2, 0.25) is 0 Å². The number of nitrogens with zero attached hydrogens (tertiary/aromatic N) is 2. The van der Waals surface area contributed by atoms with E-state index < -0.39 is 11.7 Å². The van der Waals surface area contributed by atoms with Crippen LogP contribution in [0.15, 0.2) is 70.0 Å². The molecule has 5 aromatic rings. The standard InChI is InChI=1S/C36H42N4O6S2/c1-40(19-17-26-20-38-34(46-26)36(44,24-8-4-2-5-9-24)25-10-6-3-7-11-25)22-28-13-12-27(47-28)16-18-37-21-30(42)29-14-15-31(45-23-41)32-33(29)48-35(43)39-32/h2,4-5,8-9,12-15,20,23,25,30,37,42,44H,3,6-7,10-11,16-19,21-22H2,1H3,(H,39,43)/t30-,36-/m0/s1. The molecule has 254 valence electrons. The van der Waals surface area contributed by atoms with Gasteiger partial charge in [0.2, 0.25) is 5.89 Å². The Hall–Kier alpha value is -3.65. The first kappa shape index (κ1) is 34.2. The number of aromatic amines is 1. The number of carbonyl (C=O) groups is 1. The number of ether oxygens (including phenoxy) is 1. The van der Waals surface area contributed by atoms with Crippen LogP contribution in [-0.4, -0.2) is 58.2 Å². The number of aromatic nitrogens is 2. The van der Waals surface area contributed by atoms with E-state index in [2.05, 4.69) is 39.4 Å². The Kier molecular flexibility index (Phi) is 11.2. The van der Waals surface area contributed by atoms with Crippen LogP contribution < -0.4 is 14.9 Å². The summed E-state index contributed by atoms with van der Waals surface area (Å²) < 4.78 is 11.8. The molecule has 0 unspecified atom stereocenters. The first-order chi connectivity index (χ1) is 23.3. The average molecular weight is 691 g/mol. The van der Waals surface area contributed by atoms with Crippen LogP contribution in [0.3, 0.4) is 0 Å². The van der Waals surface area contributed by atoms with Crippen LogP contribution in [0, 0.1) is 5.92 Å². The van der Waals surface area contributed by atoms with Crippen molar-refractivity contribution in [2.45, 2.75) is 63.2 Å². The third kappa shape index (κ3) is 7.80. The lowest BCUT2D eigenvalue weighted by molar-refractivity contribution is -0.120. The molecule has 0 radical (unpaired) electrons. The molecule has 0 saturated heterocycles. The largest absolute Gasteiger partial charge is 0.442 e. The maximum absolute atomic E-state index is 12.1. The number of aliphatic hydroxyl groups is 2. The number of nitrogens with one attached hydrogen (secondary N) is 2.